The lowest BCUT2D eigenvalue weighted by atomic mass is 10.1. The number of ether oxygens (including phenoxy) is 1. The summed E-state index contributed by atoms with van der Waals surface area (Å²) in [6.45, 7) is 5.85. The van der Waals surface area contributed by atoms with Gasteiger partial charge in [-0.25, -0.2) is 9.18 Å². The molecule has 136 valence electrons. The highest BCUT2D eigenvalue weighted by Crippen LogP contribution is 2.49. The second kappa shape index (κ2) is 6.32. The fourth-order valence-electron chi connectivity index (χ4n) is 3.28. The van der Waals surface area contributed by atoms with Crippen LogP contribution >= 0.6 is 0 Å². The van der Waals surface area contributed by atoms with Crippen LogP contribution in [0.5, 0.6) is 0 Å². The smallest absolute Gasteiger partial charge is 0.410 e. The molecular weight excluding hydrogens is 323 g/mol. The summed E-state index contributed by atoms with van der Waals surface area (Å²) >= 11 is 0. The molecule has 1 heterocycles. The topological polar surface area (TPSA) is 58.6 Å². The van der Waals surface area contributed by atoms with Gasteiger partial charge in [-0.3, -0.25) is 9.69 Å². The number of hydrogen-bond donors (Lipinski definition) is 1. The van der Waals surface area contributed by atoms with Crippen LogP contribution in [-0.4, -0.2) is 41.1 Å². The van der Waals surface area contributed by atoms with Gasteiger partial charge in [-0.2, -0.15) is 0 Å². The number of halogens is 1. The van der Waals surface area contributed by atoms with E-state index in [-0.39, 0.29) is 12.3 Å². The molecule has 25 heavy (non-hydrogen) atoms. The largest absolute Gasteiger partial charge is 0.444 e. The Morgan fingerprint density at radius 3 is 2.60 bits per heavy atom. The van der Waals surface area contributed by atoms with Gasteiger partial charge in [0, 0.05) is 13.0 Å². The first-order valence-corrected chi connectivity index (χ1v) is 8.75. The van der Waals surface area contributed by atoms with Gasteiger partial charge in [-0.05, 0) is 39.2 Å². The first-order chi connectivity index (χ1) is 11.7. The molecule has 1 N–H and O–H groups in total. The highest BCUT2D eigenvalue weighted by Gasteiger charge is 2.58. The summed E-state index contributed by atoms with van der Waals surface area (Å²) in [6, 6.07) is 7.74. The highest BCUT2D eigenvalue weighted by molar-refractivity contribution is 5.87. The molecule has 1 aliphatic carbocycles. The third kappa shape index (κ3) is 3.78. The van der Waals surface area contributed by atoms with Crippen molar-refractivity contribution in [2.24, 2.45) is 0 Å². The monoisotopic (exact) mass is 348 g/mol. The van der Waals surface area contributed by atoms with Crippen molar-refractivity contribution < 1.29 is 18.7 Å². The molecule has 0 spiro atoms. The van der Waals surface area contributed by atoms with E-state index in [4.69, 9.17) is 4.74 Å². The Hall–Kier alpha value is -2.11. The summed E-state index contributed by atoms with van der Waals surface area (Å²) in [4.78, 5) is 26.3. The second-order valence-electron chi connectivity index (χ2n) is 7.83. The third-order valence-corrected chi connectivity index (χ3v) is 4.65. The molecule has 2 amide bonds. The molecule has 1 aromatic carbocycles. The molecule has 1 aromatic rings. The minimum Gasteiger partial charge on any atom is -0.444 e. The molecular formula is C19H25FN2O3. The second-order valence-corrected chi connectivity index (χ2v) is 7.83. The molecule has 1 saturated heterocycles. The Labute approximate surface area is 147 Å². The normalized spacial score (nSPS) is 28.6. The van der Waals surface area contributed by atoms with E-state index in [1.807, 2.05) is 6.07 Å². The lowest BCUT2D eigenvalue weighted by Gasteiger charge is -2.28. The number of carbonyl (C=O) groups excluding carboxylic acids is 2. The fraction of sp³-hybridized carbons (Fsp3) is 0.579. The minimum atomic E-state index is -1.51. The van der Waals surface area contributed by atoms with Gasteiger partial charge in [0.1, 0.15) is 11.6 Å². The highest BCUT2D eigenvalue weighted by atomic mass is 19.1. The van der Waals surface area contributed by atoms with E-state index in [0.717, 1.165) is 6.42 Å². The van der Waals surface area contributed by atoms with Crippen LogP contribution in [0.3, 0.4) is 0 Å². The molecule has 2 fully saturated rings. The van der Waals surface area contributed by atoms with E-state index < -0.39 is 29.4 Å². The summed E-state index contributed by atoms with van der Waals surface area (Å²) in [6.07, 6.45) is 1.08. The number of nitrogens with one attached hydrogen (secondary N) is 1. The van der Waals surface area contributed by atoms with Gasteiger partial charge in [-0.15, -0.1) is 0 Å². The lowest BCUT2D eigenvalue weighted by Crippen LogP contribution is -2.48. The van der Waals surface area contributed by atoms with Crippen molar-refractivity contribution in [2.45, 2.75) is 63.4 Å². The van der Waals surface area contributed by atoms with Crippen molar-refractivity contribution >= 4 is 12.0 Å². The first-order valence-electron chi connectivity index (χ1n) is 8.75. The number of rotatable bonds is 3. The summed E-state index contributed by atoms with van der Waals surface area (Å²) in [7, 11) is 0. The third-order valence-electron chi connectivity index (χ3n) is 4.65. The summed E-state index contributed by atoms with van der Waals surface area (Å²) < 4.78 is 20.3. The van der Waals surface area contributed by atoms with Gasteiger partial charge >= 0.3 is 6.09 Å². The average molecular weight is 348 g/mol. The van der Waals surface area contributed by atoms with Crippen LogP contribution in [0, 0.1) is 0 Å². The molecule has 2 aliphatic rings. The van der Waals surface area contributed by atoms with Gasteiger partial charge in [0.15, 0.2) is 5.67 Å². The maximum atomic E-state index is 14.9. The molecule has 1 saturated carbocycles. The summed E-state index contributed by atoms with van der Waals surface area (Å²) in [5.41, 5.74) is -1.54. The molecule has 2 unspecified atom stereocenters. The van der Waals surface area contributed by atoms with E-state index >= 15 is 0 Å². The average Bonchev–Trinajstić information content (AvgIpc) is 2.98. The van der Waals surface area contributed by atoms with Crippen molar-refractivity contribution in [3.05, 3.63) is 35.9 Å². The van der Waals surface area contributed by atoms with Crippen LogP contribution in [0.1, 0.15) is 45.6 Å². The van der Waals surface area contributed by atoms with E-state index in [1.54, 1.807) is 45.0 Å². The van der Waals surface area contributed by atoms with Crippen LogP contribution in [0.15, 0.2) is 30.3 Å². The van der Waals surface area contributed by atoms with Crippen molar-refractivity contribution in [3.8, 4) is 0 Å². The van der Waals surface area contributed by atoms with E-state index in [0.29, 0.717) is 18.5 Å². The standard InChI is InChI=1S/C19H25FN2O3/c1-18(2,3)25-17(24)22-11-7-10-14(22)16(23)21-15-12-19(15,20)13-8-5-4-6-9-13/h4-6,8-9,14-15H,7,10-12H2,1-3H3,(H,21,23)/t14-,15?,19?/m0/s1. The molecule has 3 rings (SSSR count). The van der Waals surface area contributed by atoms with Gasteiger partial charge < -0.3 is 10.1 Å². The lowest BCUT2D eigenvalue weighted by molar-refractivity contribution is -0.125. The fourth-order valence-corrected chi connectivity index (χ4v) is 3.28. The Kier molecular flexibility index (Phi) is 4.47. The van der Waals surface area contributed by atoms with Crippen molar-refractivity contribution in [1.29, 1.82) is 0 Å². The van der Waals surface area contributed by atoms with Crippen molar-refractivity contribution in [2.75, 3.05) is 6.54 Å². The maximum Gasteiger partial charge on any atom is 0.410 e. The molecule has 0 radical (unpaired) electrons. The summed E-state index contributed by atoms with van der Waals surface area (Å²) in [5, 5.41) is 2.77. The van der Waals surface area contributed by atoms with E-state index in [2.05, 4.69) is 5.32 Å². The van der Waals surface area contributed by atoms with Crippen molar-refractivity contribution in [1.82, 2.24) is 10.2 Å². The predicted octanol–water partition coefficient (Wildman–Crippen LogP) is 3.14. The molecule has 0 aromatic heterocycles. The Balaban J connectivity index is 1.61. The minimum absolute atomic E-state index is 0.266. The van der Waals surface area contributed by atoms with Gasteiger partial charge in [0.25, 0.3) is 0 Å². The van der Waals surface area contributed by atoms with Crippen LogP contribution < -0.4 is 5.32 Å². The van der Waals surface area contributed by atoms with Crippen LogP contribution in [-0.2, 0) is 15.2 Å². The Morgan fingerprint density at radius 2 is 1.96 bits per heavy atom. The molecule has 5 nitrogen and oxygen atoms in total. The zero-order chi connectivity index (χ0) is 18.2. The zero-order valence-electron chi connectivity index (χ0n) is 14.9. The SMILES string of the molecule is CC(C)(C)OC(=O)N1CCC[C@H]1C(=O)NC1CC1(F)c1ccccc1. The Morgan fingerprint density at radius 1 is 1.28 bits per heavy atom. The maximum absolute atomic E-state index is 14.9. The molecule has 1 aliphatic heterocycles. The number of likely N-dealkylation sites (tertiary alicyclic amines) is 1. The molecule has 3 atom stereocenters. The molecule has 0 bridgehead atoms. The number of alkyl halides is 1. The van der Waals surface area contributed by atoms with Crippen LogP contribution in [0.4, 0.5) is 9.18 Å². The van der Waals surface area contributed by atoms with Gasteiger partial charge in [0.05, 0.1) is 6.04 Å². The number of amides is 2. The van der Waals surface area contributed by atoms with Gasteiger partial charge in [-0.1, -0.05) is 30.3 Å². The quantitative estimate of drug-likeness (QED) is 0.913. The molecule has 6 heteroatoms. The van der Waals surface area contributed by atoms with Crippen LogP contribution in [0.2, 0.25) is 0 Å². The first kappa shape index (κ1) is 17.7. The number of benzene rings is 1. The van der Waals surface area contributed by atoms with Crippen molar-refractivity contribution in [3.63, 3.8) is 0 Å². The van der Waals surface area contributed by atoms with Gasteiger partial charge in [0.2, 0.25) is 5.91 Å². The number of nitrogens with zero attached hydrogens (tertiary/aromatic N) is 1. The van der Waals surface area contributed by atoms with Crippen LogP contribution in [0.25, 0.3) is 0 Å². The van der Waals surface area contributed by atoms with E-state index in [9.17, 15) is 14.0 Å². The zero-order valence-corrected chi connectivity index (χ0v) is 14.9. The number of hydrogen-bond acceptors (Lipinski definition) is 3. The number of carbonyl (C=O) groups is 2. The summed E-state index contributed by atoms with van der Waals surface area (Å²) in [5.74, 6) is -0.302. The van der Waals surface area contributed by atoms with E-state index in [1.165, 1.54) is 4.90 Å². The predicted molar refractivity (Wildman–Crippen MR) is 91.7 cm³/mol. The Bertz CT molecular complexity index is 658.